The number of halogens is 1. The lowest BCUT2D eigenvalue weighted by atomic mass is 9.91. The third kappa shape index (κ3) is 5.53. The molecule has 2 fully saturated rings. The van der Waals surface area contributed by atoms with E-state index in [1.165, 1.54) is 12.8 Å². The number of urea groups is 1. The van der Waals surface area contributed by atoms with E-state index in [-0.39, 0.29) is 0 Å². The van der Waals surface area contributed by atoms with Crippen LogP contribution in [0.15, 0.2) is 72.8 Å². The molecule has 8 heteroatoms. The summed E-state index contributed by atoms with van der Waals surface area (Å²) in [7, 11) is 0. The summed E-state index contributed by atoms with van der Waals surface area (Å²) in [6.45, 7) is 4.42. The summed E-state index contributed by atoms with van der Waals surface area (Å²) in [6, 6.07) is 19.2. The number of aryl methyl sites for hydroxylation is 1. The van der Waals surface area contributed by atoms with Gasteiger partial charge in [-0.3, -0.25) is 9.59 Å². The van der Waals surface area contributed by atoms with Crippen molar-refractivity contribution in [2.45, 2.75) is 44.7 Å². The first-order chi connectivity index (χ1) is 18.3. The van der Waals surface area contributed by atoms with E-state index in [0.717, 1.165) is 21.8 Å². The van der Waals surface area contributed by atoms with Gasteiger partial charge in [0.25, 0.3) is 5.91 Å². The van der Waals surface area contributed by atoms with E-state index >= 15 is 0 Å². The molecule has 2 aliphatic rings. The highest BCUT2D eigenvalue weighted by Crippen LogP contribution is 2.33. The lowest BCUT2D eigenvalue weighted by molar-refractivity contribution is -0.134. The van der Waals surface area contributed by atoms with Crippen LogP contribution in [0.25, 0.3) is 0 Å². The van der Waals surface area contributed by atoms with Crippen molar-refractivity contribution in [2.75, 3.05) is 11.9 Å². The molecule has 0 radical (unpaired) electrons. The van der Waals surface area contributed by atoms with Gasteiger partial charge in [-0.05, 0) is 66.6 Å². The van der Waals surface area contributed by atoms with Crippen molar-refractivity contribution in [2.24, 2.45) is 5.92 Å². The highest BCUT2D eigenvalue weighted by Gasteiger charge is 2.47. The number of anilines is 1. The molecule has 0 aromatic heterocycles. The molecule has 1 aliphatic carbocycles. The van der Waals surface area contributed by atoms with Gasteiger partial charge in [-0.25, -0.2) is 9.69 Å². The SMILES string of the molecule is Cc1ccc(NC(=O)C(C(C)c2ccccc2)N2C(=O)N[C@H](c3ccc(OCC4CC4)cc3)C2=O)c(Cl)c1. The summed E-state index contributed by atoms with van der Waals surface area (Å²) >= 11 is 6.37. The largest absolute Gasteiger partial charge is 0.493 e. The minimum Gasteiger partial charge on any atom is -0.493 e. The van der Waals surface area contributed by atoms with Crippen molar-refractivity contribution in [1.82, 2.24) is 10.2 Å². The number of imide groups is 1. The van der Waals surface area contributed by atoms with Crippen LogP contribution in [-0.2, 0) is 9.59 Å². The van der Waals surface area contributed by atoms with Gasteiger partial charge < -0.3 is 15.4 Å². The summed E-state index contributed by atoms with van der Waals surface area (Å²) in [5.74, 6) is -0.116. The fraction of sp³-hybridized carbons (Fsp3) is 0.300. The predicted octanol–water partition coefficient (Wildman–Crippen LogP) is 5.84. The third-order valence-electron chi connectivity index (χ3n) is 7.10. The van der Waals surface area contributed by atoms with E-state index in [2.05, 4.69) is 10.6 Å². The second-order valence-corrected chi connectivity index (χ2v) is 10.4. The Morgan fingerprint density at radius 1 is 1.08 bits per heavy atom. The molecule has 2 unspecified atom stereocenters. The highest BCUT2D eigenvalue weighted by molar-refractivity contribution is 6.33. The standard InChI is InChI=1S/C30H30ClN3O4/c1-18-8-15-25(24(31)16-18)32-28(35)27(19(2)21-6-4-3-5-7-21)34-29(36)26(33-30(34)37)22-11-13-23(14-12-22)38-17-20-9-10-20/h3-8,11-16,19-20,26-27H,9-10,17H2,1-2H3,(H,32,35)(H,33,37)/t19?,26-,27?/m1/s1. The normalized spacial score (nSPS) is 18.6. The van der Waals surface area contributed by atoms with Crippen LogP contribution in [0.5, 0.6) is 5.75 Å². The van der Waals surface area contributed by atoms with Gasteiger partial charge in [-0.15, -0.1) is 0 Å². The Hall–Kier alpha value is -3.84. The molecule has 7 nitrogen and oxygen atoms in total. The Morgan fingerprint density at radius 3 is 2.45 bits per heavy atom. The van der Waals surface area contributed by atoms with Crippen molar-refractivity contribution in [3.8, 4) is 5.75 Å². The highest BCUT2D eigenvalue weighted by atomic mass is 35.5. The van der Waals surface area contributed by atoms with Gasteiger partial charge in [0.15, 0.2) is 0 Å². The summed E-state index contributed by atoms with van der Waals surface area (Å²) in [4.78, 5) is 41.6. The number of hydrogen-bond acceptors (Lipinski definition) is 4. The molecule has 1 heterocycles. The minimum absolute atomic E-state index is 0.378. The molecule has 1 aliphatic heterocycles. The zero-order valence-electron chi connectivity index (χ0n) is 21.3. The lowest BCUT2D eigenvalue weighted by Crippen LogP contribution is -2.50. The number of amides is 4. The van der Waals surface area contributed by atoms with Crippen molar-refractivity contribution in [3.05, 3.63) is 94.5 Å². The number of benzene rings is 3. The van der Waals surface area contributed by atoms with Crippen LogP contribution in [0.3, 0.4) is 0 Å². The maximum absolute atomic E-state index is 13.7. The fourth-order valence-electron chi connectivity index (χ4n) is 4.67. The Balaban J connectivity index is 1.41. The summed E-state index contributed by atoms with van der Waals surface area (Å²) in [5, 5.41) is 5.98. The number of ether oxygens (including phenoxy) is 1. The summed E-state index contributed by atoms with van der Waals surface area (Å²) in [6.07, 6.45) is 2.39. The molecule has 2 N–H and O–H groups in total. The molecular weight excluding hydrogens is 502 g/mol. The topological polar surface area (TPSA) is 87.7 Å². The van der Waals surface area contributed by atoms with E-state index in [1.54, 1.807) is 36.4 Å². The van der Waals surface area contributed by atoms with Gasteiger partial charge >= 0.3 is 6.03 Å². The van der Waals surface area contributed by atoms with Gasteiger partial charge in [0.2, 0.25) is 5.91 Å². The molecule has 196 valence electrons. The average molecular weight is 532 g/mol. The Kier molecular flexibility index (Phi) is 7.38. The van der Waals surface area contributed by atoms with Crippen molar-refractivity contribution < 1.29 is 19.1 Å². The van der Waals surface area contributed by atoms with Crippen LogP contribution in [0, 0.1) is 12.8 Å². The fourth-order valence-corrected chi connectivity index (χ4v) is 4.96. The van der Waals surface area contributed by atoms with Crippen LogP contribution >= 0.6 is 11.6 Å². The molecule has 0 spiro atoms. The smallest absolute Gasteiger partial charge is 0.325 e. The Bertz CT molecular complexity index is 1340. The molecule has 1 saturated carbocycles. The van der Waals surface area contributed by atoms with Gasteiger partial charge in [0.05, 0.1) is 17.3 Å². The molecule has 0 bridgehead atoms. The second-order valence-electron chi connectivity index (χ2n) is 10.0. The van der Waals surface area contributed by atoms with Gasteiger partial charge in [-0.1, -0.05) is 67.1 Å². The molecule has 3 aromatic rings. The van der Waals surface area contributed by atoms with Gasteiger partial charge in [-0.2, -0.15) is 0 Å². The maximum atomic E-state index is 13.7. The first-order valence-electron chi connectivity index (χ1n) is 12.8. The molecule has 3 atom stereocenters. The summed E-state index contributed by atoms with van der Waals surface area (Å²) < 4.78 is 5.79. The lowest BCUT2D eigenvalue weighted by Gasteiger charge is -2.30. The first-order valence-corrected chi connectivity index (χ1v) is 13.2. The predicted molar refractivity (Wildman–Crippen MR) is 146 cm³/mol. The van der Waals surface area contributed by atoms with E-state index in [4.69, 9.17) is 16.3 Å². The molecule has 5 rings (SSSR count). The number of nitrogens with one attached hydrogen (secondary N) is 2. The quantitative estimate of drug-likeness (QED) is 0.339. The van der Waals surface area contributed by atoms with E-state index in [0.29, 0.717) is 28.8 Å². The number of carbonyl (C=O) groups is 3. The molecule has 1 saturated heterocycles. The van der Waals surface area contributed by atoms with Crippen LogP contribution < -0.4 is 15.4 Å². The number of carbonyl (C=O) groups excluding carboxylic acids is 3. The van der Waals surface area contributed by atoms with E-state index < -0.39 is 35.8 Å². The van der Waals surface area contributed by atoms with Gasteiger partial charge in [0, 0.05) is 5.92 Å². The number of hydrogen-bond donors (Lipinski definition) is 2. The number of rotatable bonds is 9. The van der Waals surface area contributed by atoms with Crippen molar-refractivity contribution in [1.29, 1.82) is 0 Å². The van der Waals surface area contributed by atoms with Crippen LogP contribution in [-0.4, -0.2) is 35.4 Å². The van der Waals surface area contributed by atoms with E-state index in [9.17, 15) is 14.4 Å². The van der Waals surface area contributed by atoms with E-state index in [1.807, 2.05) is 50.2 Å². The molecule has 4 amide bonds. The van der Waals surface area contributed by atoms with Crippen LogP contribution in [0.2, 0.25) is 5.02 Å². The van der Waals surface area contributed by atoms with Crippen molar-refractivity contribution >= 4 is 35.1 Å². The van der Waals surface area contributed by atoms with Gasteiger partial charge in [0.1, 0.15) is 17.8 Å². The minimum atomic E-state index is -1.10. The number of nitrogens with zero attached hydrogens (tertiary/aromatic N) is 1. The maximum Gasteiger partial charge on any atom is 0.325 e. The molecular formula is C30H30ClN3O4. The molecule has 38 heavy (non-hydrogen) atoms. The zero-order chi connectivity index (χ0) is 26.8. The monoisotopic (exact) mass is 531 g/mol. The molecule has 3 aromatic carbocycles. The van der Waals surface area contributed by atoms with Crippen LogP contribution in [0.1, 0.15) is 48.4 Å². The first kappa shape index (κ1) is 25.8. The zero-order valence-corrected chi connectivity index (χ0v) is 22.1. The van der Waals surface area contributed by atoms with Crippen molar-refractivity contribution in [3.63, 3.8) is 0 Å². The second kappa shape index (κ2) is 10.9. The summed E-state index contributed by atoms with van der Waals surface area (Å²) in [5.41, 5.74) is 2.81. The van der Waals surface area contributed by atoms with Crippen LogP contribution in [0.4, 0.5) is 10.5 Å². The average Bonchev–Trinajstić information content (AvgIpc) is 3.70. The Morgan fingerprint density at radius 2 is 1.79 bits per heavy atom. The third-order valence-corrected chi connectivity index (χ3v) is 7.41. The Labute approximate surface area is 227 Å².